The maximum absolute atomic E-state index is 11.1. The van der Waals surface area contributed by atoms with E-state index in [0.717, 1.165) is 5.69 Å². The highest BCUT2D eigenvalue weighted by Gasteiger charge is 2.20. The summed E-state index contributed by atoms with van der Waals surface area (Å²) in [5, 5.41) is 16.1. The predicted octanol–water partition coefficient (Wildman–Crippen LogP) is 3.59. The number of fused-ring (bicyclic) bond motifs is 1. The SMILES string of the molecule is O=[N+]([O-])c1c(Cl)ccc2cn(-c3ccccc3)nc12. The Hall–Kier alpha value is -2.40. The molecule has 1 heterocycles. The minimum atomic E-state index is -0.507. The van der Waals surface area contributed by atoms with Gasteiger partial charge >= 0.3 is 5.69 Å². The second kappa shape index (κ2) is 4.37. The van der Waals surface area contributed by atoms with Crippen LogP contribution in [0.25, 0.3) is 16.6 Å². The molecule has 1 aromatic heterocycles. The summed E-state index contributed by atoms with van der Waals surface area (Å²) >= 11 is 5.86. The van der Waals surface area contributed by atoms with Gasteiger partial charge in [0, 0.05) is 11.6 Å². The number of benzene rings is 2. The molecule has 0 unspecified atom stereocenters. The summed E-state index contributed by atoms with van der Waals surface area (Å²) in [6.07, 6.45) is 1.74. The summed E-state index contributed by atoms with van der Waals surface area (Å²) in [5.74, 6) is 0. The Morgan fingerprint density at radius 3 is 2.58 bits per heavy atom. The van der Waals surface area contributed by atoms with Gasteiger partial charge in [-0.25, -0.2) is 4.68 Å². The van der Waals surface area contributed by atoms with Crippen LogP contribution >= 0.6 is 11.6 Å². The van der Waals surface area contributed by atoms with E-state index in [9.17, 15) is 10.1 Å². The number of hydrogen-bond donors (Lipinski definition) is 0. The van der Waals surface area contributed by atoms with Crippen molar-refractivity contribution < 1.29 is 4.92 Å². The zero-order chi connectivity index (χ0) is 13.4. The molecule has 3 aromatic rings. The summed E-state index contributed by atoms with van der Waals surface area (Å²) in [6, 6.07) is 12.6. The molecule has 0 N–H and O–H groups in total. The van der Waals surface area contributed by atoms with Crippen molar-refractivity contribution in [2.75, 3.05) is 0 Å². The monoisotopic (exact) mass is 273 g/mol. The van der Waals surface area contributed by atoms with Gasteiger partial charge in [-0.2, -0.15) is 5.10 Å². The predicted molar refractivity (Wildman–Crippen MR) is 72.7 cm³/mol. The van der Waals surface area contributed by atoms with Gasteiger partial charge in [-0.05, 0) is 24.3 Å². The third-order valence-electron chi connectivity index (χ3n) is 2.81. The average molecular weight is 274 g/mol. The van der Waals surface area contributed by atoms with Crippen LogP contribution in [0.3, 0.4) is 0 Å². The molecule has 0 aliphatic carbocycles. The molecule has 0 aliphatic rings. The van der Waals surface area contributed by atoms with E-state index >= 15 is 0 Å². The standard InChI is InChI=1S/C13H8ClN3O2/c14-11-7-6-9-8-16(10-4-2-1-3-5-10)15-12(9)13(11)17(18)19/h1-8H. The van der Waals surface area contributed by atoms with Gasteiger partial charge in [0.05, 0.1) is 10.6 Å². The lowest BCUT2D eigenvalue weighted by Crippen LogP contribution is -1.94. The van der Waals surface area contributed by atoms with Gasteiger partial charge < -0.3 is 0 Å². The van der Waals surface area contributed by atoms with Crippen LogP contribution in [0, 0.1) is 10.1 Å². The molecule has 0 saturated carbocycles. The fraction of sp³-hybridized carbons (Fsp3) is 0. The van der Waals surface area contributed by atoms with Gasteiger partial charge in [-0.15, -0.1) is 0 Å². The summed E-state index contributed by atoms with van der Waals surface area (Å²) in [6.45, 7) is 0. The lowest BCUT2D eigenvalue weighted by atomic mass is 10.2. The highest BCUT2D eigenvalue weighted by Crippen LogP contribution is 2.32. The van der Waals surface area contributed by atoms with Crippen LogP contribution in [0.1, 0.15) is 0 Å². The van der Waals surface area contributed by atoms with E-state index in [4.69, 9.17) is 11.6 Å². The summed E-state index contributed by atoms with van der Waals surface area (Å²) < 4.78 is 1.61. The lowest BCUT2D eigenvalue weighted by molar-refractivity contribution is -0.383. The molecule has 3 rings (SSSR count). The van der Waals surface area contributed by atoms with Crippen molar-refractivity contribution in [3.63, 3.8) is 0 Å². The van der Waals surface area contributed by atoms with E-state index in [1.54, 1.807) is 16.9 Å². The number of halogens is 1. The molecule has 6 heteroatoms. The molecule has 0 bridgehead atoms. The number of nitro benzene ring substituents is 1. The minimum Gasteiger partial charge on any atom is -0.258 e. The molecule has 5 nitrogen and oxygen atoms in total. The number of aromatic nitrogens is 2. The molecule has 0 saturated heterocycles. The Labute approximate surface area is 113 Å². The molecule has 0 amide bonds. The van der Waals surface area contributed by atoms with E-state index in [1.165, 1.54) is 6.07 Å². The first-order chi connectivity index (χ1) is 9.16. The fourth-order valence-corrected chi connectivity index (χ4v) is 2.16. The van der Waals surface area contributed by atoms with Crippen LogP contribution in [0.2, 0.25) is 5.02 Å². The van der Waals surface area contributed by atoms with Gasteiger partial charge in [0.15, 0.2) is 5.52 Å². The topological polar surface area (TPSA) is 61.0 Å². The van der Waals surface area contributed by atoms with E-state index in [0.29, 0.717) is 10.9 Å². The third-order valence-corrected chi connectivity index (χ3v) is 3.11. The van der Waals surface area contributed by atoms with Crippen LogP contribution < -0.4 is 0 Å². The Morgan fingerprint density at radius 1 is 1.16 bits per heavy atom. The molecular formula is C13H8ClN3O2. The number of para-hydroxylation sites is 1. The molecule has 0 radical (unpaired) electrons. The van der Waals surface area contributed by atoms with Crippen LogP contribution in [-0.4, -0.2) is 14.7 Å². The molecule has 0 fully saturated rings. The van der Waals surface area contributed by atoms with Crippen LogP contribution in [0.15, 0.2) is 48.7 Å². The van der Waals surface area contributed by atoms with Crippen molar-refractivity contribution in [3.8, 4) is 5.69 Å². The van der Waals surface area contributed by atoms with Crippen molar-refractivity contribution in [1.82, 2.24) is 9.78 Å². The fourth-order valence-electron chi connectivity index (χ4n) is 1.93. The second-order valence-electron chi connectivity index (χ2n) is 4.00. The van der Waals surface area contributed by atoms with Crippen molar-refractivity contribution in [3.05, 3.63) is 63.8 Å². The maximum Gasteiger partial charge on any atom is 0.315 e. The maximum atomic E-state index is 11.1. The van der Waals surface area contributed by atoms with Gasteiger partial charge in [0.25, 0.3) is 0 Å². The van der Waals surface area contributed by atoms with E-state index in [1.807, 2.05) is 30.3 Å². The van der Waals surface area contributed by atoms with Gasteiger partial charge in [-0.1, -0.05) is 29.8 Å². The van der Waals surface area contributed by atoms with Crippen molar-refractivity contribution in [2.45, 2.75) is 0 Å². The quantitative estimate of drug-likeness (QED) is 0.529. The zero-order valence-electron chi connectivity index (χ0n) is 9.65. The highest BCUT2D eigenvalue weighted by molar-refractivity contribution is 6.34. The first-order valence-corrected chi connectivity index (χ1v) is 5.92. The normalized spacial score (nSPS) is 10.8. The Morgan fingerprint density at radius 2 is 1.89 bits per heavy atom. The molecule has 0 atom stereocenters. The molecular weight excluding hydrogens is 266 g/mol. The number of hydrogen-bond acceptors (Lipinski definition) is 3. The van der Waals surface area contributed by atoms with Crippen LogP contribution in [-0.2, 0) is 0 Å². The number of nitrogens with zero attached hydrogens (tertiary/aromatic N) is 3. The molecule has 19 heavy (non-hydrogen) atoms. The highest BCUT2D eigenvalue weighted by atomic mass is 35.5. The Bertz CT molecular complexity index is 768. The lowest BCUT2D eigenvalue weighted by Gasteiger charge is -1.98. The number of rotatable bonds is 2. The van der Waals surface area contributed by atoms with E-state index in [-0.39, 0.29) is 10.7 Å². The van der Waals surface area contributed by atoms with E-state index < -0.39 is 4.92 Å². The first kappa shape index (κ1) is 11.7. The van der Waals surface area contributed by atoms with Gasteiger partial charge in [-0.3, -0.25) is 10.1 Å². The Kier molecular flexibility index (Phi) is 2.68. The third kappa shape index (κ3) is 1.94. The van der Waals surface area contributed by atoms with Crippen LogP contribution in [0.4, 0.5) is 5.69 Å². The Balaban J connectivity index is 2.27. The molecule has 0 aliphatic heterocycles. The van der Waals surface area contributed by atoms with Gasteiger partial charge in [0.2, 0.25) is 0 Å². The van der Waals surface area contributed by atoms with Crippen molar-refractivity contribution >= 4 is 28.2 Å². The summed E-state index contributed by atoms with van der Waals surface area (Å²) in [4.78, 5) is 10.5. The van der Waals surface area contributed by atoms with Crippen molar-refractivity contribution in [1.29, 1.82) is 0 Å². The zero-order valence-corrected chi connectivity index (χ0v) is 10.4. The second-order valence-corrected chi connectivity index (χ2v) is 4.41. The minimum absolute atomic E-state index is 0.0933. The summed E-state index contributed by atoms with van der Waals surface area (Å²) in [5.41, 5.74) is 0.972. The largest absolute Gasteiger partial charge is 0.315 e. The first-order valence-electron chi connectivity index (χ1n) is 5.54. The molecule has 0 spiro atoms. The summed E-state index contributed by atoms with van der Waals surface area (Å²) in [7, 11) is 0. The number of nitro groups is 1. The van der Waals surface area contributed by atoms with Gasteiger partial charge in [0.1, 0.15) is 5.02 Å². The van der Waals surface area contributed by atoms with Crippen molar-refractivity contribution in [2.24, 2.45) is 0 Å². The van der Waals surface area contributed by atoms with Crippen LogP contribution in [0.5, 0.6) is 0 Å². The van der Waals surface area contributed by atoms with E-state index in [2.05, 4.69) is 5.10 Å². The molecule has 94 valence electrons. The smallest absolute Gasteiger partial charge is 0.258 e. The average Bonchev–Trinajstić information content (AvgIpc) is 2.83. The molecule has 2 aromatic carbocycles.